The maximum absolute atomic E-state index is 4.71. The minimum absolute atomic E-state index is 0.697. The van der Waals surface area contributed by atoms with Gasteiger partial charge in [0.25, 0.3) is 0 Å². The fraction of sp³-hybridized carbons (Fsp3) is 0.105. The van der Waals surface area contributed by atoms with Gasteiger partial charge in [0, 0.05) is 15.8 Å². The molecule has 2 aromatic heterocycles. The molecular formula is C19H16BrN5S. The quantitative estimate of drug-likeness (QED) is 0.422. The summed E-state index contributed by atoms with van der Waals surface area (Å²) in [6, 6.07) is 14.2. The van der Waals surface area contributed by atoms with Gasteiger partial charge in [-0.25, -0.2) is 15.0 Å². The lowest BCUT2D eigenvalue weighted by Gasteiger charge is -2.09. The third-order valence-corrected chi connectivity index (χ3v) is 5.42. The minimum atomic E-state index is 0.697. The SMILES string of the molecule is Cc1cccc(C)c1Nc1nc2c(Nc3ccc(Br)cc3)ncnc2s1. The highest BCUT2D eigenvalue weighted by molar-refractivity contribution is 9.10. The van der Waals surface area contributed by atoms with Crippen molar-refractivity contribution >= 4 is 59.9 Å². The number of nitrogens with zero attached hydrogens (tertiary/aromatic N) is 3. The van der Waals surface area contributed by atoms with Crippen LogP contribution in [0.4, 0.5) is 22.3 Å². The van der Waals surface area contributed by atoms with Crippen molar-refractivity contribution in [3.63, 3.8) is 0 Å². The van der Waals surface area contributed by atoms with E-state index in [9.17, 15) is 0 Å². The number of thiazole rings is 1. The van der Waals surface area contributed by atoms with Gasteiger partial charge < -0.3 is 10.6 Å². The highest BCUT2D eigenvalue weighted by Gasteiger charge is 2.12. The molecule has 0 saturated heterocycles. The van der Waals surface area contributed by atoms with Crippen LogP contribution in [-0.4, -0.2) is 15.0 Å². The number of para-hydroxylation sites is 1. The van der Waals surface area contributed by atoms with Crippen LogP contribution < -0.4 is 10.6 Å². The van der Waals surface area contributed by atoms with Crippen LogP contribution in [0.1, 0.15) is 11.1 Å². The topological polar surface area (TPSA) is 62.7 Å². The van der Waals surface area contributed by atoms with E-state index in [1.165, 1.54) is 22.5 Å². The highest BCUT2D eigenvalue weighted by atomic mass is 79.9. The Labute approximate surface area is 163 Å². The molecule has 2 heterocycles. The molecule has 4 aromatic rings. The highest BCUT2D eigenvalue weighted by Crippen LogP contribution is 2.33. The lowest BCUT2D eigenvalue weighted by atomic mass is 10.1. The number of benzene rings is 2. The molecule has 2 aromatic carbocycles. The molecule has 130 valence electrons. The number of aryl methyl sites for hydroxylation is 2. The Morgan fingerprint density at radius 2 is 1.65 bits per heavy atom. The molecular weight excluding hydrogens is 410 g/mol. The van der Waals surface area contributed by atoms with Crippen molar-refractivity contribution in [2.75, 3.05) is 10.6 Å². The summed E-state index contributed by atoms with van der Waals surface area (Å²) in [4.78, 5) is 14.3. The molecule has 7 heteroatoms. The summed E-state index contributed by atoms with van der Waals surface area (Å²) in [5.74, 6) is 0.697. The molecule has 0 unspecified atom stereocenters. The second-order valence-electron chi connectivity index (χ2n) is 5.92. The second-order valence-corrected chi connectivity index (χ2v) is 7.81. The first-order valence-corrected chi connectivity index (χ1v) is 9.68. The van der Waals surface area contributed by atoms with Crippen LogP contribution in [0.3, 0.4) is 0 Å². The van der Waals surface area contributed by atoms with E-state index in [0.717, 1.165) is 31.3 Å². The molecule has 0 aliphatic carbocycles. The van der Waals surface area contributed by atoms with Gasteiger partial charge in [-0.2, -0.15) is 0 Å². The lowest BCUT2D eigenvalue weighted by Crippen LogP contribution is -1.96. The average molecular weight is 426 g/mol. The predicted octanol–water partition coefficient (Wildman–Crippen LogP) is 5.95. The number of hydrogen-bond acceptors (Lipinski definition) is 6. The number of anilines is 4. The Balaban J connectivity index is 1.68. The molecule has 0 aliphatic rings. The van der Waals surface area contributed by atoms with E-state index < -0.39 is 0 Å². The van der Waals surface area contributed by atoms with E-state index >= 15 is 0 Å². The van der Waals surface area contributed by atoms with Gasteiger partial charge in [0.05, 0.1) is 0 Å². The zero-order valence-corrected chi connectivity index (χ0v) is 16.6. The summed E-state index contributed by atoms with van der Waals surface area (Å²) < 4.78 is 1.03. The second kappa shape index (κ2) is 7.01. The fourth-order valence-electron chi connectivity index (χ4n) is 2.69. The molecule has 26 heavy (non-hydrogen) atoms. The van der Waals surface area contributed by atoms with Crippen LogP contribution in [-0.2, 0) is 0 Å². The predicted molar refractivity (Wildman–Crippen MR) is 112 cm³/mol. The van der Waals surface area contributed by atoms with Gasteiger partial charge in [0.1, 0.15) is 11.8 Å². The van der Waals surface area contributed by atoms with Crippen molar-refractivity contribution in [3.05, 3.63) is 64.4 Å². The maximum Gasteiger partial charge on any atom is 0.189 e. The van der Waals surface area contributed by atoms with Crippen molar-refractivity contribution in [3.8, 4) is 0 Å². The summed E-state index contributed by atoms with van der Waals surface area (Å²) >= 11 is 4.96. The number of aromatic nitrogens is 3. The molecule has 4 rings (SSSR count). The normalized spacial score (nSPS) is 10.9. The lowest BCUT2D eigenvalue weighted by molar-refractivity contribution is 1.21. The number of hydrogen-bond donors (Lipinski definition) is 2. The van der Waals surface area contributed by atoms with Crippen molar-refractivity contribution < 1.29 is 0 Å². The molecule has 0 amide bonds. The molecule has 0 aliphatic heterocycles. The first kappa shape index (κ1) is 16.9. The van der Waals surface area contributed by atoms with Gasteiger partial charge in [-0.1, -0.05) is 45.5 Å². The van der Waals surface area contributed by atoms with Gasteiger partial charge in [-0.05, 0) is 49.2 Å². The van der Waals surface area contributed by atoms with Gasteiger partial charge in [-0.3, -0.25) is 0 Å². The van der Waals surface area contributed by atoms with E-state index in [0.29, 0.717) is 5.82 Å². The molecule has 0 radical (unpaired) electrons. The van der Waals surface area contributed by atoms with Crippen molar-refractivity contribution in [2.24, 2.45) is 0 Å². The number of halogens is 1. The summed E-state index contributed by atoms with van der Waals surface area (Å²) in [7, 11) is 0. The van der Waals surface area contributed by atoms with Gasteiger partial charge in [0.15, 0.2) is 15.8 Å². The van der Waals surface area contributed by atoms with Gasteiger partial charge >= 0.3 is 0 Å². The standard InChI is InChI=1S/C19H16BrN5S/c1-11-4-3-5-12(2)15(11)24-19-25-16-17(21-10-22-18(16)26-19)23-14-8-6-13(20)7-9-14/h3-10H,1-2H3,(H,24,25)(H,21,22,23). The minimum Gasteiger partial charge on any atom is -0.338 e. The fourth-order valence-corrected chi connectivity index (χ4v) is 3.76. The maximum atomic E-state index is 4.71. The summed E-state index contributed by atoms with van der Waals surface area (Å²) in [6.45, 7) is 4.17. The Morgan fingerprint density at radius 1 is 0.923 bits per heavy atom. The molecule has 0 spiro atoms. The van der Waals surface area contributed by atoms with E-state index in [-0.39, 0.29) is 0 Å². The number of nitrogens with one attached hydrogen (secondary N) is 2. The van der Waals surface area contributed by atoms with Crippen LogP contribution in [0.15, 0.2) is 53.3 Å². The van der Waals surface area contributed by atoms with Crippen molar-refractivity contribution in [2.45, 2.75) is 13.8 Å². The zero-order valence-electron chi connectivity index (χ0n) is 14.2. The van der Waals surface area contributed by atoms with Gasteiger partial charge in [0.2, 0.25) is 0 Å². The Bertz CT molecular complexity index is 1050. The monoisotopic (exact) mass is 425 g/mol. The molecule has 0 atom stereocenters. The third-order valence-electron chi connectivity index (χ3n) is 4.02. The summed E-state index contributed by atoms with van der Waals surface area (Å²) in [6.07, 6.45) is 1.56. The van der Waals surface area contributed by atoms with Crippen LogP contribution in [0.5, 0.6) is 0 Å². The van der Waals surface area contributed by atoms with E-state index in [4.69, 9.17) is 4.98 Å². The smallest absolute Gasteiger partial charge is 0.189 e. The van der Waals surface area contributed by atoms with E-state index in [1.807, 2.05) is 24.3 Å². The molecule has 0 saturated carbocycles. The molecule has 2 N–H and O–H groups in total. The largest absolute Gasteiger partial charge is 0.338 e. The van der Waals surface area contributed by atoms with Crippen molar-refractivity contribution in [1.29, 1.82) is 0 Å². The van der Waals surface area contributed by atoms with Gasteiger partial charge in [-0.15, -0.1) is 0 Å². The van der Waals surface area contributed by atoms with Crippen LogP contribution in [0, 0.1) is 13.8 Å². The molecule has 0 fully saturated rings. The zero-order chi connectivity index (χ0) is 18.1. The molecule has 0 bridgehead atoms. The van der Waals surface area contributed by atoms with Crippen molar-refractivity contribution in [1.82, 2.24) is 15.0 Å². The summed E-state index contributed by atoms with van der Waals surface area (Å²) in [5.41, 5.74) is 5.16. The first-order valence-electron chi connectivity index (χ1n) is 8.07. The average Bonchev–Trinajstić information content (AvgIpc) is 3.04. The van der Waals surface area contributed by atoms with Crippen LogP contribution in [0.25, 0.3) is 10.3 Å². The van der Waals surface area contributed by atoms with Crippen LogP contribution >= 0.6 is 27.3 Å². The number of fused-ring (bicyclic) bond motifs is 1. The Hall–Kier alpha value is -2.51. The first-order chi connectivity index (χ1) is 12.6. The Morgan fingerprint density at radius 3 is 2.38 bits per heavy atom. The van der Waals surface area contributed by atoms with E-state index in [1.54, 1.807) is 6.33 Å². The Kier molecular flexibility index (Phi) is 4.57. The van der Waals surface area contributed by atoms with Crippen LogP contribution in [0.2, 0.25) is 0 Å². The summed E-state index contributed by atoms with van der Waals surface area (Å²) in [5, 5.41) is 7.56. The molecule has 5 nitrogen and oxygen atoms in total. The van der Waals surface area contributed by atoms with E-state index in [2.05, 4.69) is 68.6 Å². The third kappa shape index (κ3) is 3.40. The number of rotatable bonds is 4.